The Morgan fingerprint density at radius 1 is 1.33 bits per heavy atom. The van der Waals surface area contributed by atoms with Crippen molar-refractivity contribution in [3.8, 4) is 0 Å². The maximum absolute atomic E-state index is 5.76. The first-order chi connectivity index (χ1) is 5.86. The van der Waals surface area contributed by atoms with Crippen LogP contribution in [0.5, 0.6) is 0 Å². The lowest BCUT2D eigenvalue weighted by molar-refractivity contribution is 0.102. The Morgan fingerprint density at radius 2 is 2.08 bits per heavy atom. The predicted octanol–water partition coefficient (Wildman–Crippen LogP) is 1.96. The van der Waals surface area contributed by atoms with Gasteiger partial charge in [-0.15, -0.1) is 0 Å². The van der Waals surface area contributed by atoms with Crippen molar-refractivity contribution in [3.05, 3.63) is 34.9 Å². The first-order valence-electron chi connectivity index (χ1n) is 3.97. The number of rotatable bonds is 1. The van der Waals surface area contributed by atoms with Crippen LogP contribution in [0.25, 0.3) is 0 Å². The van der Waals surface area contributed by atoms with E-state index in [4.69, 9.17) is 16.3 Å². The number of nitrogens with one attached hydrogen (secondary N) is 1. The molecule has 64 valence electrons. The molecule has 0 unspecified atom stereocenters. The largest absolute Gasteiger partial charge is 0.358 e. The van der Waals surface area contributed by atoms with Crippen LogP contribution < -0.4 is 5.32 Å². The fraction of sp³-hybridized carbons (Fsp3) is 0.333. The van der Waals surface area contributed by atoms with Crippen LogP contribution in [0.2, 0.25) is 5.02 Å². The van der Waals surface area contributed by atoms with Gasteiger partial charge in [0.05, 0.1) is 6.61 Å². The summed E-state index contributed by atoms with van der Waals surface area (Å²) in [5, 5.41) is 3.99. The van der Waals surface area contributed by atoms with Gasteiger partial charge in [-0.3, -0.25) is 5.32 Å². The van der Waals surface area contributed by atoms with E-state index >= 15 is 0 Å². The third-order valence-corrected chi connectivity index (χ3v) is 2.14. The summed E-state index contributed by atoms with van der Waals surface area (Å²) in [4.78, 5) is 0. The van der Waals surface area contributed by atoms with Crippen LogP contribution in [0.3, 0.4) is 0 Å². The zero-order valence-corrected chi connectivity index (χ0v) is 7.34. The van der Waals surface area contributed by atoms with Crippen LogP contribution in [0, 0.1) is 0 Å². The van der Waals surface area contributed by atoms with Crippen molar-refractivity contribution in [1.29, 1.82) is 0 Å². The topological polar surface area (TPSA) is 21.3 Å². The molecule has 3 heteroatoms. The standard InChI is InChI=1S/C9H10ClNO/c10-8-3-1-7(2-4-8)9-11-5-6-12-9/h1-4,9,11H,5-6H2/t9-/m0/s1. The van der Waals surface area contributed by atoms with Gasteiger partial charge in [0, 0.05) is 11.6 Å². The fourth-order valence-corrected chi connectivity index (χ4v) is 1.40. The van der Waals surface area contributed by atoms with Crippen molar-refractivity contribution in [2.45, 2.75) is 6.23 Å². The minimum Gasteiger partial charge on any atom is -0.358 e. The summed E-state index contributed by atoms with van der Waals surface area (Å²) in [6, 6.07) is 7.71. The summed E-state index contributed by atoms with van der Waals surface area (Å²) in [6.45, 7) is 1.71. The van der Waals surface area contributed by atoms with Gasteiger partial charge in [-0.1, -0.05) is 23.7 Å². The molecule has 0 aromatic heterocycles. The molecule has 1 atom stereocenters. The molecule has 0 bridgehead atoms. The van der Waals surface area contributed by atoms with E-state index in [0.717, 1.165) is 23.7 Å². The van der Waals surface area contributed by atoms with E-state index in [1.54, 1.807) is 0 Å². The molecular formula is C9H10ClNO. The van der Waals surface area contributed by atoms with E-state index in [0.29, 0.717) is 0 Å². The van der Waals surface area contributed by atoms with Crippen molar-refractivity contribution in [1.82, 2.24) is 5.32 Å². The van der Waals surface area contributed by atoms with Gasteiger partial charge in [-0.2, -0.15) is 0 Å². The Balaban J connectivity index is 2.17. The lowest BCUT2D eigenvalue weighted by Gasteiger charge is -2.09. The average molecular weight is 184 g/mol. The van der Waals surface area contributed by atoms with Crippen molar-refractivity contribution in [3.63, 3.8) is 0 Å². The monoisotopic (exact) mass is 183 g/mol. The van der Waals surface area contributed by atoms with Crippen LogP contribution in [0.15, 0.2) is 24.3 Å². The Hall–Kier alpha value is -0.570. The van der Waals surface area contributed by atoms with E-state index in [1.165, 1.54) is 0 Å². The highest BCUT2D eigenvalue weighted by Gasteiger charge is 2.15. The third-order valence-electron chi connectivity index (χ3n) is 1.89. The van der Waals surface area contributed by atoms with E-state index in [-0.39, 0.29) is 6.23 Å². The Morgan fingerprint density at radius 3 is 2.67 bits per heavy atom. The normalized spacial score (nSPS) is 22.9. The quantitative estimate of drug-likeness (QED) is 0.719. The minimum atomic E-state index is 0.0577. The second-order valence-corrected chi connectivity index (χ2v) is 3.19. The third kappa shape index (κ3) is 1.61. The lowest BCUT2D eigenvalue weighted by atomic mass is 10.2. The molecule has 1 saturated heterocycles. The first kappa shape index (κ1) is 8.05. The molecule has 1 aliphatic rings. The van der Waals surface area contributed by atoms with Crippen molar-refractivity contribution >= 4 is 11.6 Å². The molecule has 1 aliphatic heterocycles. The highest BCUT2D eigenvalue weighted by molar-refractivity contribution is 6.30. The van der Waals surface area contributed by atoms with Crippen LogP contribution in [0.1, 0.15) is 11.8 Å². The van der Waals surface area contributed by atoms with Gasteiger partial charge < -0.3 is 4.74 Å². The molecule has 0 radical (unpaired) electrons. The molecule has 0 amide bonds. The number of ether oxygens (including phenoxy) is 1. The van der Waals surface area contributed by atoms with Crippen LogP contribution in [-0.2, 0) is 4.74 Å². The highest BCUT2D eigenvalue weighted by atomic mass is 35.5. The summed E-state index contributed by atoms with van der Waals surface area (Å²) >= 11 is 5.76. The van der Waals surface area contributed by atoms with Crippen LogP contribution in [0.4, 0.5) is 0 Å². The minimum absolute atomic E-state index is 0.0577. The smallest absolute Gasteiger partial charge is 0.134 e. The van der Waals surface area contributed by atoms with Gasteiger partial charge in [-0.05, 0) is 17.7 Å². The molecule has 2 nitrogen and oxygen atoms in total. The highest BCUT2D eigenvalue weighted by Crippen LogP contribution is 2.19. The van der Waals surface area contributed by atoms with E-state index in [2.05, 4.69) is 5.32 Å². The van der Waals surface area contributed by atoms with Gasteiger partial charge in [0.15, 0.2) is 0 Å². The van der Waals surface area contributed by atoms with Gasteiger partial charge in [-0.25, -0.2) is 0 Å². The molecular weight excluding hydrogens is 174 g/mol. The van der Waals surface area contributed by atoms with Gasteiger partial charge in [0.25, 0.3) is 0 Å². The molecule has 1 N–H and O–H groups in total. The van der Waals surface area contributed by atoms with Gasteiger partial charge >= 0.3 is 0 Å². The Bertz CT molecular complexity index is 254. The van der Waals surface area contributed by atoms with Gasteiger partial charge in [0.1, 0.15) is 6.23 Å². The van der Waals surface area contributed by atoms with Crippen LogP contribution >= 0.6 is 11.6 Å². The molecule has 1 aromatic rings. The molecule has 1 heterocycles. The fourth-order valence-electron chi connectivity index (χ4n) is 1.28. The summed E-state index contributed by atoms with van der Waals surface area (Å²) in [5.41, 5.74) is 1.14. The maximum Gasteiger partial charge on any atom is 0.134 e. The maximum atomic E-state index is 5.76. The second-order valence-electron chi connectivity index (χ2n) is 2.76. The number of hydrogen-bond donors (Lipinski definition) is 1. The molecule has 0 saturated carbocycles. The Labute approximate surface area is 76.5 Å². The molecule has 2 rings (SSSR count). The number of halogens is 1. The van der Waals surface area contributed by atoms with Crippen molar-refractivity contribution in [2.24, 2.45) is 0 Å². The number of benzene rings is 1. The zero-order chi connectivity index (χ0) is 8.39. The van der Waals surface area contributed by atoms with E-state index in [1.807, 2.05) is 24.3 Å². The summed E-state index contributed by atoms with van der Waals surface area (Å²) in [6.07, 6.45) is 0.0577. The molecule has 12 heavy (non-hydrogen) atoms. The van der Waals surface area contributed by atoms with Gasteiger partial charge in [0.2, 0.25) is 0 Å². The van der Waals surface area contributed by atoms with Crippen molar-refractivity contribution in [2.75, 3.05) is 13.2 Å². The first-order valence-corrected chi connectivity index (χ1v) is 4.34. The van der Waals surface area contributed by atoms with E-state index < -0.39 is 0 Å². The van der Waals surface area contributed by atoms with Crippen LogP contribution in [-0.4, -0.2) is 13.2 Å². The second kappa shape index (κ2) is 3.44. The number of hydrogen-bond acceptors (Lipinski definition) is 2. The average Bonchev–Trinajstić information content (AvgIpc) is 2.58. The summed E-state index contributed by atoms with van der Waals surface area (Å²) < 4.78 is 5.42. The molecule has 1 fully saturated rings. The summed E-state index contributed by atoms with van der Waals surface area (Å²) in [5.74, 6) is 0. The predicted molar refractivity (Wildman–Crippen MR) is 48.1 cm³/mol. The van der Waals surface area contributed by atoms with Crippen molar-refractivity contribution < 1.29 is 4.74 Å². The molecule has 0 aliphatic carbocycles. The van der Waals surface area contributed by atoms with E-state index in [9.17, 15) is 0 Å². The Kier molecular flexibility index (Phi) is 2.30. The zero-order valence-electron chi connectivity index (χ0n) is 6.59. The summed E-state index contributed by atoms with van der Waals surface area (Å²) in [7, 11) is 0. The lowest BCUT2D eigenvalue weighted by Crippen LogP contribution is -2.13. The SMILES string of the molecule is Clc1ccc([C@H]2NCCO2)cc1. The molecule has 1 aromatic carbocycles. The molecule has 0 spiro atoms.